The van der Waals surface area contributed by atoms with Gasteiger partial charge in [0.05, 0.1) is 23.9 Å². The first kappa shape index (κ1) is 42.8. The van der Waals surface area contributed by atoms with E-state index in [1.54, 1.807) is 36.7 Å². The molecule has 3 N–H and O–H groups in total. The van der Waals surface area contributed by atoms with Crippen LogP contribution in [0.2, 0.25) is 0 Å². The van der Waals surface area contributed by atoms with Crippen LogP contribution in [0.1, 0.15) is 70.1 Å². The summed E-state index contributed by atoms with van der Waals surface area (Å²) in [6.45, 7) is 3.96. The number of rotatable bonds is 9. The van der Waals surface area contributed by atoms with Gasteiger partial charge in [0.25, 0.3) is 5.91 Å². The maximum absolute atomic E-state index is 14.9. The third-order valence-electron chi connectivity index (χ3n) is 11.0. The van der Waals surface area contributed by atoms with E-state index in [1.165, 1.54) is 29.8 Å². The quantitative estimate of drug-likeness (QED) is 0.137. The molecule has 7 rings (SSSR count). The third-order valence-corrected chi connectivity index (χ3v) is 12.5. The van der Waals surface area contributed by atoms with Crippen molar-refractivity contribution in [1.82, 2.24) is 30.8 Å². The Labute approximate surface area is 349 Å². The summed E-state index contributed by atoms with van der Waals surface area (Å²) in [6.07, 6.45) is 4.41. The Kier molecular flexibility index (Phi) is 12.7. The number of benzene rings is 1. The van der Waals surface area contributed by atoms with Gasteiger partial charge in [0.2, 0.25) is 11.8 Å². The molecule has 0 aliphatic carbocycles. The Morgan fingerprint density at radius 1 is 1.08 bits per heavy atom. The molecule has 0 radical (unpaired) electrons. The van der Waals surface area contributed by atoms with Crippen LogP contribution in [0.4, 0.5) is 18.0 Å². The maximum atomic E-state index is 14.9. The van der Waals surface area contributed by atoms with Crippen molar-refractivity contribution < 1.29 is 51.3 Å². The van der Waals surface area contributed by atoms with Crippen LogP contribution >= 0.6 is 11.8 Å². The Morgan fingerprint density at radius 2 is 1.85 bits per heavy atom. The average Bonchev–Trinajstić information content (AvgIpc) is 3.80. The number of ether oxygens (including phenoxy) is 4. The fraction of sp³-hybridized carbons (Fsp3) is 0.524. The number of alkyl carbamates (subject to hydrolysis) is 1. The largest absolute Gasteiger partial charge is 0.490 e. The molecule has 4 aliphatic heterocycles. The van der Waals surface area contributed by atoms with Crippen LogP contribution < -0.4 is 30.2 Å². The molecule has 1 aromatic carbocycles. The molecule has 5 atom stereocenters. The van der Waals surface area contributed by atoms with Crippen molar-refractivity contribution in [1.29, 1.82) is 0 Å². The summed E-state index contributed by atoms with van der Waals surface area (Å²) in [5, 5.41) is 8.24. The van der Waals surface area contributed by atoms with Crippen molar-refractivity contribution in [2.75, 3.05) is 33.4 Å². The van der Waals surface area contributed by atoms with E-state index in [2.05, 4.69) is 25.9 Å². The van der Waals surface area contributed by atoms with Crippen LogP contribution in [-0.4, -0.2) is 99.9 Å². The summed E-state index contributed by atoms with van der Waals surface area (Å²) in [6, 6.07) is 5.67. The van der Waals surface area contributed by atoms with E-state index >= 15 is 0 Å². The molecule has 0 unspecified atom stereocenters. The van der Waals surface area contributed by atoms with E-state index in [4.69, 9.17) is 18.9 Å². The number of nitrogens with one attached hydrogen (secondary N) is 3. The monoisotopic (exact) mass is 854 g/mol. The number of aromatic nitrogens is 2. The first-order valence-electron chi connectivity index (χ1n) is 20.2. The van der Waals surface area contributed by atoms with Crippen molar-refractivity contribution in [3.8, 4) is 17.2 Å². The summed E-state index contributed by atoms with van der Waals surface area (Å²) in [5.74, 6) is -1.15. The smallest absolute Gasteiger partial charge is 0.437 e. The highest BCUT2D eigenvalue weighted by Gasteiger charge is 2.63. The fourth-order valence-corrected chi connectivity index (χ4v) is 9.13. The number of aryl methyl sites for hydroxylation is 1. The van der Waals surface area contributed by atoms with Gasteiger partial charge in [-0.15, -0.1) is 11.8 Å². The first-order chi connectivity index (χ1) is 28.7. The van der Waals surface area contributed by atoms with Crippen LogP contribution in [0, 0.1) is 5.92 Å². The number of carbonyl (C=O) groups excluding carboxylic acids is 4. The summed E-state index contributed by atoms with van der Waals surface area (Å²) in [5.41, 5.74) is -2.31. The van der Waals surface area contributed by atoms with Gasteiger partial charge in [-0.2, -0.15) is 13.2 Å². The number of carbonyl (C=O) groups is 4. The number of fused-ring (bicyclic) bond motifs is 5. The molecule has 2 aromatic heterocycles. The minimum absolute atomic E-state index is 0.0343. The molecular weight excluding hydrogens is 806 g/mol. The summed E-state index contributed by atoms with van der Waals surface area (Å²) < 4.78 is 68.0. The standard InChI is InChI=1S/C42H49F3N6O8S/c1-25(2)23-58-39(55)49-31-9-7-5-4-6-8-10-33-41(60-33,38(54)46-3)50-36(52)32-22-40(24-51(32)37(31)53)16-13-28-29-21-27(57-20-19-56-26-14-17-47-18-15-26)11-12-30(29)48-35(34(28)59-40)42(43,44)45/h8,10-12,14-15,17-18,21,25,31-33H,4-7,9,13,16,19-20,22-24H2,1-3H3,(H,46,54)(H,49,55)(H,50,52)/b10-8-/t31-,32-,33-,40+,41-/m0/s1. The lowest BCUT2D eigenvalue weighted by molar-refractivity contribution is -0.144. The van der Waals surface area contributed by atoms with Gasteiger partial charge in [0, 0.05) is 36.8 Å². The normalized spacial score (nSPS) is 26.1. The van der Waals surface area contributed by atoms with Gasteiger partial charge < -0.3 is 39.8 Å². The molecular formula is C42H49F3N6O8S. The molecule has 2 saturated heterocycles. The molecule has 18 heteroatoms. The number of thioether (sulfide) groups is 1. The zero-order chi connectivity index (χ0) is 42.7. The van der Waals surface area contributed by atoms with E-state index in [1.807, 2.05) is 26.0 Å². The summed E-state index contributed by atoms with van der Waals surface area (Å²) >= 11 is 1.25. The van der Waals surface area contributed by atoms with E-state index < -0.39 is 64.0 Å². The minimum Gasteiger partial charge on any atom is -0.490 e. The lowest BCUT2D eigenvalue weighted by atomic mass is 9.87. The number of likely N-dealkylation sites (N-methyl/N-ethyl adjacent to an activating group) is 1. The van der Waals surface area contributed by atoms with Gasteiger partial charge in [-0.05, 0) is 68.4 Å². The van der Waals surface area contributed by atoms with Crippen LogP contribution in [0.5, 0.6) is 17.2 Å². The van der Waals surface area contributed by atoms with E-state index in [0.717, 1.165) is 12.8 Å². The lowest BCUT2D eigenvalue weighted by Crippen LogP contribution is -2.57. The Hall–Kier alpha value is -5.26. The molecule has 14 nitrogen and oxygen atoms in total. The number of allylic oxidation sites excluding steroid dienone is 1. The van der Waals surface area contributed by atoms with E-state index in [0.29, 0.717) is 29.7 Å². The summed E-state index contributed by atoms with van der Waals surface area (Å²) in [7, 11) is 1.46. The molecule has 4 aliphatic rings. The van der Waals surface area contributed by atoms with Crippen molar-refractivity contribution in [3.05, 3.63) is 66.1 Å². The zero-order valence-corrected chi connectivity index (χ0v) is 34.5. The molecule has 1 spiro atoms. The molecule has 0 saturated carbocycles. The second-order valence-electron chi connectivity index (χ2n) is 15.9. The van der Waals surface area contributed by atoms with Gasteiger partial charge in [-0.1, -0.05) is 38.8 Å². The molecule has 6 heterocycles. The second kappa shape index (κ2) is 17.8. The van der Waals surface area contributed by atoms with Gasteiger partial charge >= 0.3 is 12.3 Å². The van der Waals surface area contributed by atoms with E-state index in [9.17, 15) is 32.3 Å². The Bertz CT molecular complexity index is 2130. The maximum Gasteiger partial charge on any atom is 0.437 e. The third kappa shape index (κ3) is 9.37. The van der Waals surface area contributed by atoms with Crippen molar-refractivity contribution in [2.45, 2.75) is 99.2 Å². The molecule has 60 heavy (non-hydrogen) atoms. The highest BCUT2D eigenvalue weighted by atomic mass is 32.2. The summed E-state index contributed by atoms with van der Waals surface area (Å²) in [4.78, 5) is 63.2. The van der Waals surface area contributed by atoms with Crippen LogP contribution in [0.15, 0.2) is 54.9 Å². The zero-order valence-electron chi connectivity index (χ0n) is 33.6. The second-order valence-corrected chi connectivity index (χ2v) is 17.3. The van der Waals surface area contributed by atoms with Gasteiger partial charge in [-0.25, -0.2) is 9.78 Å². The molecule has 322 valence electrons. The number of hydrogen-bond donors (Lipinski definition) is 3. The van der Waals surface area contributed by atoms with Gasteiger partial charge in [0.1, 0.15) is 42.4 Å². The van der Waals surface area contributed by atoms with Crippen molar-refractivity contribution >= 4 is 46.5 Å². The number of pyridine rings is 2. The highest BCUT2D eigenvalue weighted by molar-refractivity contribution is 8.09. The SMILES string of the molecule is CNC(=O)[C@]12NC(=O)[C@@H]3C[C@]4(CCc5c(c(C(F)(F)F)nc6ccc(OCCOc7ccncc7)cc56)O4)CN3C(=O)[C@@H](NC(=O)OCC(C)C)CCCCC/C=C\[C@@H]1S2. The van der Waals surface area contributed by atoms with Gasteiger partial charge in [0.15, 0.2) is 16.3 Å². The highest BCUT2D eigenvalue weighted by Crippen LogP contribution is 2.53. The van der Waals surface area contributed by atoms with Crippen molar-refractivity contribution in [3.63, 3.8) is 0 Å². The molecule has 0 bridgehead atoms. The topological polar surface area (TPSA) is 170 Å². The van der Waals surface area contributed by atoms with Gasteiger partial charge in [-0.3, -0.25) is 19.4 Å². The van der Waals surface area contributed by atoms with Crippen LogP contribution in [0.25, 0.3) is 10.9 Å². The molecule has 2 fully saturated rings. The van der Waals surface area contributed by atoms with Crippen LogP contribution in [0.3, 0.4) is 0 Å². The number of halogens is 3. The Balaban J connectivity index is 1.21. The van der Waals surface area contributed by atoms with Crippen molar-refractivity contribution in [2.24, 2.45) is 5.92 Å². The van der Waals surface area contributed by atoms with Crippen LogP contribution in [-0.2, 0) is 31.7 Å². The number of alkyl halides is 3. The molecule has 4 amide bonds. The predicted molar refractivity (Wildman–Crippen MR) is 215 cm³/mol. The number of hydrogen-bond acceptors (Lipinski definition) is 11. The molecule has 3 aromatic rings. The predicted octanol–water partition coefficient (Wildman–Crippen LogP) is 5.72. The van der Waals surface area contributed by atoms with E-state index in [-0.39, 0.29) is 74.3 Å². The first-order valence-corrected chi connectivity index (χ1v) is 21.1. The minimum atomic E-state index is -4.91. The number of nitrogens with zero attached hydrogens (tertiary/aromatic N) is 3. The average molecular weight is 855 g/mol. The fourth-order valence-electron chi connectivity index (χ4n) is 8.00. The Morgan fingerprint density at radius 3 is 2.58 bits per heavy atom. The lowest BCUT2D eigenvalue weighted by Gasteiger charge is -2.37. The number of amides is 4.